The lowest BCUT2D eigenvalue weighted by Crippen LogP contribution is -2.39. The zero-order chi connectivity index (χ0) is 20.4. The normalized spacial score (nSPS) is 14.9. The van der Waals surface area contributed by atoms with Crippen molar-refractivity contribution in [2.75, 3.05) is 19.7 Å². The summed E-state index contributed by atoms with van der Waals surface area (Å²) < 4.78 is 27.2. The highest BCUT2D eigenvalue weighted by Crippen LogP contribution is 2.39. The van der Waals surface area contributed by atoms with Gasteiger partial charge in [0.25, 0.3) is 0 Å². The van der Waals surface area contributed by atoms with Gasteiger partial charge in [-0.15, -0.1) is 0 Å². The minimum absolute atomic E-state index is 0.0780. The third-order valence-electron chi connectivity index (χ3n) is 5.22. The Morgan fingerprint density at radius 1 is 1.21 bits per heavy atom. The molecule has 3 aromatic rings. The number of amides is 1. The van der Waals surface area contributed by atoms with Gasteiger partial charge in [-0.1, -0.05) is 0 Å². The van der Waals surface area contributed by atoms with Gasteiger partial charge in [0, 0.05) is 42.0 Å². The number of nitrogens with zero attached hydrogens (tertiary/aromatic N) is 4. The summed E-state index contributed by atoms with van der Waals surface area (Å²) in [6, 6.07) is 5.40. The molecule has 2 N–H and O–H groups in total. The number of likely N-dealkylation sites (tertiary alicyclic amines) is 1. The Kier molecular flexibility index (Phi) is 5.30. The van der Waals surface area contributed by atoms with Crippen molar-refractivity contribution in [1.29, 1.82) is 0 Å². The van der Waals surface area contributed by atoms with Crippen LogP contribution in [0.4, 0.5) is 8.78 Å². The quantitative estimate of drug-likeness (QED) is 0.703. The number of hydrogen-bond acceptors (Lipinski definition) is 5. The highest BCUT2D eigenvalue weighted by atomic mass is 19.2. The van der Waals surface area contributed by atoms with E-state index in [-0.39, 0.29) is 11.8 Å². The summed E-state index contributed by atoms with van der Waals surface area (Å²) in [7, 11) is 0. The molecule has 29 heavy (non-hydrogen) atoms. The van der Waals surface area contributed by atoms with E-state index in [1.165, 1.54) is 12.4 Å². The molecule has 1 aliphatic heterocycles. The second-order valence-electron chi connectivity index (χ2n) is 6.90. The SMILES string of the molecule is O=C(CO)N1CCC(c2[nH]nc(-c3ccc(F)c(F)c3)c2-c2ccncn2)CC1. The van der Waals surface area contributed by atoms with Crippen molar-refractivity contribution in [1.82, 2.24) is 25.1 Å². The second kappa shape index (κ2) is 8.04. The molecule has 3 heterocycles. The first kappa shape index (κ1) is 19.1. The van der Waals surface area contributed by atoms with Crippen LogP contribution < -0.4 is 0 Å². The predicted octanol–water partition coefficient (Wildman–Crippen LogP) is 2.51. The van der Waals surface area contributed by atoms with Gasteiger partial charge in [-0.3, -0.25) is 9.89 Å². The van der Waals surface area contributed by atoms with Gasteiger partial charge < -0.3 is 10.0 Å². The largest absolute Gasteiger partial charge is 0.387 e. The number of halogens is 2. The van der Waals surface area contributed by atoms with Crippen molar-refractivity contribution < 1.29 is 18.7 Å². The minimum Gasteiger partial charge on any atom is -0.387 e. The number of hydrogen-bond donors (Lipinski definition) is 2. The van der Waals surface area contributed by atoms with Gasteiger partial charge in [0.1, 0.15) is 18.6 Å². The van der Waals surface area contributed by atoms with Crippen LogP contribution in [0.5, 0.6) is 0 Å². The van der Waals surface area contributed by atoms with Gasteiger partial charge in [0.15, 0.2) is 11.6 Å². The van der Waals surface area contributed by atoms with Gasteiger partial charge in [0.2, 0.25) is 5.91 Å². The Morgan fingerprint density at radius 3 is 2.66 bits per heavy atom. The molecule has 0 bridgehead atoms. The third kappa shape index (κ3) is 3.73. The third-order valence-corrected chi connectivity index (χ3v) is 5.22. The summed E-state index contributed by atoms with van der Waals surface area (Å²) in [5.41, 5.74) is 3.08. The molecule has 0 saturated carbocycles. The Labute approximate surface area is 165 Å². The van der Waals surface area contributed by atoms with Crippen LogP contribution in [-0.2, 0) is 4.79 Å². The molecule has 4 rings (SSSR count). The van der Waals surface area contributed by atoms with Crippen molar-refractivity contribution in [3.8, 4) is 22.5 Å². The number of carbonyl (C=O) groups is 1. The lowest BCUT2D eigenvalue weighted by atomic mass is 9.89. The first-order valence-electron chi connectivity index (χ1n) is 9.27. The first-order chi connectivity index (χ1) is 14.1. The molecule has 7 nitrogen and oxygen atoms in total. The van der Waals surface area contributed by atoms with E-state index in [1.807, 2.05) is 0 Å². The average Bonchev–Trinajstić information content (AvgIpc) is 3.21. The number of piperidine rings is 1. The maximum atomic E-state index is 13.8. The van der Waals surface area contributed by atoms with E-state index < -0.39 is 18.2 Å². The molecule has 1 aromatic carbocycles. The topological polar surface area (TPSA) is 95.0 Å². The van der Waals surface area contributed by atoms with Crippen molar-refractivity contribution in [2.45, 2.75) is 18.8 Å². The Balaban J connectivity index is 1.73. The lowest BCUT2D eigenvalue weighted by Gasteiger charge is -2.31. The molecule has 0 radical (unpaired) electrons. The number of benzene rings is 1. The van der Waals surface area contributed by atoms with Gasteiger partial charge >= 0.3 is 0 Å². The summed E-state index contributed by atoms with van der Waals surface area (Å²) in [6.07, 6.45) is 4.40. The highest BCUT2D eigenvalue weighted by molar-refractivity contribution is 5.81. The van der Waals surface area contributed by atoms with Gasteiger partial charge in [-0.05, 0) is 37.1 Å². The number of aliphatic hydroxyl groups is 1. The van der Waals surface area contributed by atoms with Gasteiger partial charge in [-0.2, -0.15) is 5.10 Å². The first-order valence-corrected chi connectivity index (χ1v) is 9.27. The molecule has 2 aromatic heterocycles. The van der Waals surface area contributed by atoms with Gasteiger partial charge in [-0.25, -0.2) is 18.7 Å². The molecule has 0 spiro atoms. The van der Waals surface area contributed by atoms with E-state index >= 15 is 0 Å². The Hall–Kier alpha value is -3.20. The lowest BCUT2D eigenvalue weighted by molar-refractivity contribution is -0.135. The van der Waals surface area contributed by atoms with Crippen molar-refractivity contribution in [3.63, 3.8) is 0 Å². The van der Waals surface area contributed by atoms with Gasteiger partial charge in [0.05, 0.1) is 5.69 Å². The Bertz CT molecular complexity index is 1020. The van der Waals surface area contributed by atoms with E-state index in [9.17, 15) is 13.6 Å². The van der Waals surface area contributed by atoms with Crippen LogP contribution >= 0.6 is 0 Å². The fraction of sp³-hybridized carbons (Fsp3) is 0.300. The number of H-pyrrole nitrogens is 1. The van der Waals surface area contributed by atoms with Crippen molar-refractivity contribution in [2.24, 2.45) is 0 Å². The molecule has 0 unspecified atom stereocenters. The number of rotatable bonds is 4. The smallest absolute Gasteiger partial charge is 0.248 e. The standard InChI is InChI=1S/C20H19F2N5O2/c21-14-2-1-13(9-15(14)22)20-18(16-3-6-23-11-24-16)19(25-26-20)12-4-7-27(8-5-12)17(29)10-28/h1-3,6,9,11-12,28H,4-5,7-8,10H2,(H,25,26). The maximum absolute atomic E-state index is 13.8. The van der Waals surface area contributed by atoms with Crippen LogP contribution in [0.15, 0.2) is 36.8 Å². The zero-order valence-corrected chi connectivity index (χ0v) is 15.5. The van der Waals surface area contributed by atoms with E-state index in [0.717, 1.165) is 17.8 Å². The number of carbonyl (C=O) groups excluding carboxylic acids is 1. The van der Waals surface area contributed by atoms with Crippen LogP contribution in [0.2, 0.25) is 0 Å². The maximum Gasteiger partial charge on any atom is 0.248 e. The molecule has 1 fully saturated rings. The fourth-order valence-corrected chi connectivity index (χ4v) is 3.72. The second-order valence-corrected chi connectivity index (χ2v) is 6.90. The fourth-order valence-electron chi connectivity index (χ4n) is 3.72. The van der Waals surface area contributed by atoms with Crippen LogP contribution in [0, 0.1) is 11.6 Å². The van der Waals surface area contributed by atoms with E-state index in [0.29, 0.717) is 48.4 Å². The van der Waals surface area contributed by atoms with Crippen LogP contribution in [0.25, 0.3) is 22.5 Å². The number of aromatic nitrogens is 4. The molecule has 1 aliphatic rings. The Morgan fingerprint density at radius 2 is 2.00 bits per heavy atom. The molecule has 9 heteroatoms. The highest BCUT2D eigenvalue weighted by Gasteiger charge is 2.29. The van der Waals surface area contributed by atoms with Crippen molar-refractivity contribution in [3.05, 3.63) is 54.1 Å². The summed E-state index contributed by atoms with van der Waals surface area (Å²) in [5, 5.41) is 16.5. The number of aliphatic hydroxyl groups excluding tert-OH is 1. The molecule has 1 saturated heterocycles. The molecule has 0 atom stereocenters. The average molecular weight is 399 g/mol. The van der Waals surface area contributed by atoms with E-state index in [2.05, 4.69) is 20.2 Å². The summed E-state index contributed by atoms with van der Waals surface area (Å²) >= 11 is 0. The van der Waals surface area contributed by atoms with Crippen LogP contribution in [0.1, 0.15) is 24.5 Å². The summed E-state index contributed by atoms with van der Waals surface area (Å²) in [6.45, 7) is 0.542. The van der Waals surface area contributed by atoms with Crippen molar-refractivity contribution >= 4 is 5.91 Å². The number of aromatic amines is 1. The summed E-state index contributed by atoms with van der Waals surface area (Å²) in [5.74, 6) is -2.08. The van der Waals surface area contributed by atoms with Crippen LogP contribution in [0.3, 0.4) is 0 Å². The molecule has 1 amide bonds. The minimum atomic E-state index is -0.948. The van der Waals surface area contributed by atoms with Crippen LogP contribution in [-0.4, -0.2) is 55.8 Å². The molecule has 150 valence electrons. The summed E-state index contributed by atoms with van der Waals surface area (Å²) in [4.78, 5) is 21.6. The number of nitrogens with one attached hydrogen (secondary N) is 1. The predicted molar refractivity (Wildman–Crippen MR) is 101 cm³/mol. The monoisotopic (exact) mass is 399 g/mol. The van der Waals surface area contributed by atoms with E-state index in [4.69, 9.17) is 5.11 Å². The zero-order valence-electron chi connectivity index (χ0n) is 15.5. The van der Waals surface area contributed by atoms with E-state index in [1.54, 1.807) is 17.2 Å². The molecular weight excluding hydrogens is 380 g/mol. The molecule has 0 aliphatic carbocycles. The molecular formula is C20H19F2N5O2.